The molecule has 2 aromatic carbocycles. The average Bonchev–Trinajstić information content (AvgIpc) is 3.56. The van der Waals surface area contributed by atoms with Crippen LogP contribution >= 0.6 is 22.9 Å². The van der Waals surface area contributed by atoms with Crippen LogP contribution in [-0.2, 0) is 17.6 Å². The Morgan fingerprint density at radius 2 is 1.73 bits per heavy atom. The number of nitrogens with one attached hydrogen (secondary N) is 3. The van der Waals surface area contributed by atoms with Gasteiger partial charge in [0, 0.05) is 36.3 Å². The molecule has 5 rings (SSSR count). The molecule has 0 radical (unpaired) electrons. The van der Waals surface area contributed by atoms with Crippen LogP contribution in [0.2, 0.25) is 4.34 Å². The lowest BCUT2D eigenvalue weighted by Crippen LogP contribution is -2.47. The lowest BCUT2D eigenvalue weighted by atomic mass is 10.0. The van der Waals surface area contributed by atoms with Crippen LogP contribution in [0.1, 0.15) is 37.6 Å². The van der Waals surface area contributed by atoms with Crippen LogP contribution in [-0.4, -0.2) is 54.8 Å². The molecule has 1 aliphatic carbocycles. The number of hydrogen-bond acceptors (Lipinski definition) is 5. The Hall–Kier alpha value is -3.20. The molecule has 1 fully saturated rings. The molecule has 2 unspecified atom stereocenters. The zero-order valence-electron chi connectivity index (χ0n) is 20.5. The molecule has 3 N–H and O–H groups in total. The molecule has 37 heavy (non-hydrogen) atoms. The normalized spacial score (nSPS) is 19.7. The summed E-state index contributed by atoms with van der Waals surface area (Å²) in [6.45, 7) is 1.98. The first-order chi connectivity index (χ1) is 17.9. The van der Waals surface area contributed by atoms with Crippen molar-refractivity contribution in [1.29, 1.82) is 0 Å². The van der Waals surface area contributed by atoms with E-state index in [4.69, 9.17) is 11.6 Å². The molecule has 192 valence electrons. The molecular weight excluding hydrogens is 508 g/mol. The molecule has 3 atom stereocenters. The molecule has 3 amide bonds. The molecule has 7 nitrogen and oxygen atoms in total. The number of hydrogen-bond donors (Lipinski definition) is 3. The van der Waals surface area contributed by atoms with Crippen LogP contribution in [0.5, 0.6) is 0 Å². The van der Waals surface area contributed by atoms with Crippen molar-refractivity contribution in [3.05, 3.63) is 86.6 Å². The molecule has 1 aliphatic heterocycles. The summed E-state index contributed by atoms with van der Waals surface area (Å²) >= 11 is 7.17. The summed E-state index contributed by atoms with van der Waals surface area (Å²) < 4.78 is 0.501. The highest BCUT2D eigenvalue weighted by Gasteiger charge is 2.48. The number of anilines is 1. The first-order valence-corrected chi connectivity index (χ1v) is 13.6. The second-order valence-corrected chi connectivity index (χ2v) is 11.4. The highest BCUT2D eigenvalue weighted by atomic mass is 35.5. The number of fused-ring (bicyclic) bond motifs is 1. The van der Waals surface area contributed by atoms with Gasteiger partial charge < -0.3 is 20.9 Å². The minimum absolute atomic E-state index is 0.195. The largest absolute Gasteiger partial charge is 0.349 e. The molecule has 1 aromatic heterocycles. The fourth-order valence-electron chi connectivity index (χ4n) is 4.74. The minimum atomic E-state index is -0.806. The van der Waals surface area contributed by atoms with Crippen molar-refractivity contribution in [2.45, 2.75) is 31.3 Å². The van der Waals surface area contributed by atoms with Crippen LogP contribution in [0.25, 0.3) is 0 Å². The van der Waals surface area contributed by atoms with Gasteiger partial charge in [-0.15, -0.1) is 11.3 Å². The summed E-state index contributed by atoms with van der Waals surface area (Å²) in [5, 5.41) is 8.90. The van der Waals surface area contributed by atoms with Gasteiger partial charge in [0.1, 0.15) is 6.04 Å². The molecule has 1 saturated carbocycles. The lowest BCUT2D eigenvalue weighted by molar-refractivity contribution is -0.118. The number of halogens is 1. The van der Waals surface area contributed by atoms with Gasteiger partial charge in [-0.25, -0.2) is 0 Å². The topological polar surface area (TPSA) is 90.5 Å². The third-order valence-corrected chi connectivity index (χ3v) is 8.22. The number of thiophene rings is 1. The third kappa shape index (κ3) is 6.21. The van der Waals surface area contributed by atoms with E-state index in [0.717, 1.165) is 37.3 Å². The van der Waals surface area contributed by atoms with E-state index in [2.05, 4.69) is 34.0 Å². The number of nitrogens with zero attached hydrogens (tertiary/aromatic N) is 1. The van der Waals surface area contributed by atoms with Gasteiger partial charge in [0.15, 0.2) is 0 Å². The number of likely N-dealkylation sites (N-methyl/N-ethyl adjacent to an activating group) is 1. The van der Waals surface area contributed by atoms with Crippen molar-refractivity contribution in [1.82, 2.24) is 15.5 Å². The summed E-state index contributed by atoms with van der Waals surface area (Å²) in [6, 6.07) is 17.3. The van der Waals surface area contributed by atoms with Crippen LogP contribution in [0.15, 0.2) is 60.7 Å². The minimum Gasteiger partial charge on any atom is -0.349 e. The number of carbonyl (C=O) groups excluding carboxylic acids is 3. The van der Waals surface area contributed by atoms with E-state index in [0.29, 0.717) is 26.9 Å². The van der Waals surface area contributed by atoms with Gasteiger partial charge in [0.25, 0.3) is 11.8 Å². The Morgan fingerprint density at radius 1 is 0.973 bits per heavy atom. The predicted molar refractivity (Wildman–Crippen MR) is 146 cm³/mol. The van der Waals surface area contributed by atoms with E-state index in [-0.39, 0.29) is 29.7 Å². The molecular formula is C28H29ClN4O3S. The monoisotopic (exact) mass is 536 g/mol. The number of benzene rings is 2. The van der Waals surface area contributed by atoms with E-state index in [9.17, 15) is 14.4 Å². The van der Waals surface area contributed by atoms with Gasteiger partial charge in [0.2, 0.25) is 5.91 Å². The summed E-state index contributed by atoms with van der Waals surface area (Å²) in [5.41, 5.74) is 3.79. The molecule has 3 aromatic rings. The van der Waals surface area contributed by atoms with E-state index in [1.165, 1.54) is 11.1 Å². The summed E-state index contributed by atoms with van der Waals surface area (Å²) in [7, 11) is 2.12. The van der Waals surface area contributed by atoms with Crippen molar-refractivity contribution in [2.24, 2.45) is 5.92 Å². The van der Waals surface area contributed by atoms with E-state index in [1.54, 1.807) is 36.4 Å². The highest BCUT2D eigenvalue weighted by Crippen LogP contribution is 2.35. The van der Waals surface area contributed by atoms with Gasteiger partial charge >= 0.3 is 0 Å². The Labute approximate surface area is 225 Å². The van der Waals surface area contributed by atoms with Gasteiger partial charge in [-0.1, -0.05) is 35.9 Å². The Morgan fingerprint density at radius 3 is 2.46 bits per heavy atom. The van der Waals surface area contributed by atoms with Crippen molar-refractivity contribution in [3.63, 3.8) is 0 Å². The van der Waals surface area contributed by atoms with Gasteiger partial charge in [0.05, 0.1) is 9.21 Å². The van der Waals surface area contributed by atoms with Crippen LogP contribution in [0, 0.1) is 5.92 Å². The highest BCUT2D eigenvalue weighted by molar-refractivity contribution is 7.18. The Balaban J connectivity index is 1.30. The molecule has 0 bridgehead atoms. The maximum absolute atomic E-state index is 13.5. The maximum Gasteiger partial charge on any atom is 0.262 e. The van der Waals surface area contributed by atoms with Crippen LogP contribution in [0.3, 0.4) is 0 Å². The SMILES string of the molecule is CN1CCc2ccc(NC(=O)[C@H](NC(=O)c3ccc(Cl)s3)C3CC3NC(=O)c3ccccc3)cc2CC1. The van der Waals surface area contributed by atoms with E-state index < -0.39 is 6.04 Å². The van der Waals surface area contributed by atoms with Crippen LogP contribution in [0.4, 0.5) is 5.69 Å². The lowest BCUT2D eigenvalue weighted by Gasteiger charge is -2.19. The number of rotatable bonds is 7. The average molecular weight is 537 g/mol. The van der Waals surface area contributed by atoms with Crippen molar-refractivity contribution in [3.8, 4) is 0 Å². The molecule has 2 heterocycles. The standard InChI is InChI=1S/C28H29ClN4O3S/c1-33-13-11-17-7-8-20(15-19(17)12-14-33)30-28(36)25(32-27(35)23-9-10-24(29)37-23)21-16-22(21)31-26(34)18-5-3-2-4-6-18/h2-10,15,21-22,25H,11-14,16H2,1H3,(H,30,36)(H,31,34)(H,32,35)/t21?,22?,25-/m1/s1. The zero-order chi connectivity index (χ0) is 25.9. The van der Waals surface area contributed by atoms with Gasteiger partial charge in [-0.05, 0) is 73.8 Å². The van der Waals surface area contributed by atoms with Crippen molar-refractivity contribution >= 4 is 46.3 Å². The molecule has 9 heteroatoms. The summed E-state index contributed by atoms with van der Waals surface area (Å²) in [4.78, 5) is 41.8. The smallest absolute Gasteiger partial charge is 0.262 e. The van der Waals surface area contributed by atoms with E-state index >= 15 is 0 Å². The maximum atomic E-state index is 13.5. The fraction of sp³-hybridized carbons (Fsp3) is 0.321. The second-order valence-electron chi connectivity index (χ2n) is 9.68. The predicted octanol–water partition coefficient (Wildman–Crippen LogP) is 3.99. The third-order valence-electron chi connectivity index (χ3n) is 6.99. The fourth-order valence-corrected chi connectivity index (χ4v) is 5.69. The first-order valence-electron chi connectivity index (χ1n) is 12.4. The molecule has 0 spiro atoms. The van der Waals surface area contributed by atoms with Crippen LogP contribution < -0.4 is 16.0 Å². The van der Waals surface area contributed by atoms with Gasteiger partial charge in [-0.2, -0.15) is 0 Å². The number of amides is 3. The summed E-state index contributed by atoms with van der Waals surface area (Å²) in [5.74, 6) is -1.08. The molecule has 0 saturated heterocycles. The number of carbonyl (C=O) groups is 3. The second kappa shape index (κ2) is 11.0. The van der Waals surface area contributed by atoms with Gasteiger partial charge in [-0.3, -0.25) is 14.4 Å². The van der Waals surface area contributed by atoms with E-state index in [1.807, 2.05) is 18.2 Å². The van der Waals surface area contributed by atoms with Crippen molar-refractivity contribution < 1.29 is 14.4 Å². The summed E-state index contributed by atoms with van der Waals surface area (Å²) in [6.07, 6.45) is 2.50. The Bertz CT molecular complexity index is 1310. The zero-order valence-corrected chi connectivity index (χ0v) is 22.1. The quantitative estimate of drug-likeness (QED) is 0.426. The first kappa shape index (κ1) is 25.4. The van der Waals surface area contributed by atoms with Crippen molar-refractivity contribution in [2.75, 3.05) is 25.5 Å². The molecule has 2 aliphatic rings. The Kier molecular flexibility index (Phi) is 7.60.